The van der Waals surface area contributed by atoms with Gasteiger partial charge in [0.15, 0.2) is 13.2 Å². The normalized spacial score (nSPS) is 9.85. The molecule has 0 aromatic heterocycles. The van der Waals surface area contributed by atoms with Gasteiger partial charge < -0.3 is 19.5 Å². The summed E-state index contributed by atoms with van der Waals surface area (Å²) in [7, 11) is 1.53. The number of benzene rings is 2. The van der Waals surface area contributed by atoms with E-state index in [9.17, 15) is 14.4 Å². The Labute approximate surface area is 163 Å². The van der Waals surface area contributed by atoms with Gasteiger partial charge in [-0.2, -0.15) is 0 Å². The molecule has 0 unspecified atom stereocenters. The van der Waals surface area contributed by atoms with Crippen LogP contribution in [0.3, 0.4) is 0 Å². The predicted molar refractivity (Wildman–Crippen MR) is 101 cm³/mol. The van der Waals surface area contributed by atoms with Crippen LogP contribution in [0.1, 0.15) is 0 Å². The number of imide groups is 1. The molecule has 0 saturated carbocycles. The van der Waals surface area contributed by atoms with Gasteiger partial charge in [0.1, 0.15) is 11.5 Å². The van der Waals surface area contributed by atoms with E-state index >= 15 is 0 Å². The van der Waals surface area contributed by atoms with Crippen molar-refractivity contribution < 1.29 is 28.6 Å². The summed E-state index contributed by atoms with van der Waals surface area (Å²) in [6.45, 7) is -0.953. The molecule has 2 rings (SSSR count). The molecule has 8 nitrogen and oxygen atoms in total. The maximum atomic E-state index is 11.7. The summed E-state index contributed by atoms with van der Waals surface area (Å²) in [5.41, 5.74) is 0.473. The van der Waals surface area contributed by atoms with Gasteiger partial charge in [-0.05, 0) is 48.5 Å². The van der Waals surface area contributed by atoms with Crippen LogP contribution in [0.25, 0.3) is 0 Å². The van der Waals surface area contributed by atoms with E-state index in [1.165, 1.54) is 7.11 Å². The van der Waals surface area contributed by atoms with Crippen molar-refractivity contribution in [3.8, 4) is 11.5 Å². The maximum Gasteiger partial charge on any atom is 0.344 e. The van der Waals surface area contributed by atoms with Crippen LogP contribution in [0.2, 0.25) is 0 Å². The average molecular weight is 437 g/mol. The predicted octanol–water partition coefficient (Wildman–Crippen LogP) is 2.73. The summed E-state index contributed by atoms with van der Waals surface area (Å²) in [4.78, 5) is 34.9. The molecule has 9 heteroatoms. The lowest BCUT2D eigenvalue weighted by Crippen LogP contribution is -2.37. The molecule has 0 bridgehead atoms. The summed E-state index contributed by atoms with van der Waals surface area (Å²) in [6.07, 6.45) is 0. The molecule has 0 fully saturated rings. The number of hydrogen-bond donors (Lipinski definition) is 2. The molecule has 142 valence electrons. The van der Waals surface area contributed by atoms with Gasteiger partial charge in [-0.25, -0.2) is 9.59 Å². The highest BCUT2D eigenvalue weighted by molar-refractivity contribution is 9.10. The Bertz CT molecular complexity index is 793. The Morgan fingerprint density at radius 1 is 0.926 bits per heavy atom. The first-order valence-corrected chi connectivity index (χ1v) is 8.54. The minimum absolute atomic E-state index is 0.354. The maximum absolute atomic E-state index is 11.7. The van der Waals surface area contributed by atoms with E-state index in [0.717, 1.165) is 4.47 Å². The van der Waals surface area contributed by atoms with Gasteiger partial charge in [0.05, 0.1) is 7.11 Å². The Morgan fingerprint density at radius 2 is 1.56 bits per heavy atom. The molecule has 0 heterocycles. The molecule has 0 atom stereocenters. The number of rotatable bonds is 7. The summed E-state index contributed by atoms with van der Waals surface area (Å²) in [5, 5.41) is 4.52. The van der Waals surface area contributed by atoms with Crippen molar-refractivity contribution >= 4 is 39.5 Å². The molecule has 2 N–H and O–H groups in total. The number of anilines is 1. The second-order valence-electron chi connectivity index (χ2n) is 5.13. The van der Waals surface area contributed by atoms with E-state index < -0.39 is 24.5 Å². The molecule has 27 heavy (non-hydrogen) atoms. The number of carbonyl (C=O) groups is 3. The minimum Gasteiger partial charge on any atom is -0.497 e. The molecule has 3 amide bonds. The zero-order valence-electron chi connectivity index (χ0n) is 14.4. The fourth-order valence-corrected chi connectivity index (χ4v) is 2.12. The van der Waals surface area contributed by atoms with Crippen molar-refractivity contribution in [2.75, 3.05) is 25.6 Å². The third-order valence-corrected chi connectivity index (χ3v) is 3.66. The van der Waals surface area contributed by atoms with E-state index in [2.05, 4.69) is 21.2 Å². The van der Waals surface area contributed by atoms with Gasteiger partial charge in [0, 0.05) is 10.2 Å². The monoisotopic (exact) mass is 436 g/mol. The number of nitrogens with one attached hydrogen (secondary N) is 2. The number of methoxy groups -OCH3 is 1. The van der Waals surface area contributed by atoms with Gasteiger partial charge in [-0.1, -0.05) is 15.9 Å². The largest absolute Gasteiger partial charge is 0.497 e. The Morgan fingerprint density at radius 3 is 2.19 bits per heavy atom. The van der Waals surface area contributed by atoms with Crippen LogP contribution < -0.4 is 20.1 Å². The van der Waals surface area contributed by atoms with Crippen LogP contribution >= 0.6 is 15.9 Å². The van der Waals surface area contributed by atoms with E-state index in [4.69, 9.17) is 14.2 Å². The van der Waals surface area contributed by atoms with E-state index in [1.807, 2.05) is 5.32 Å². The first-order valence-electron chi connectivity index (χ1n) is 7.75. The standard InChI is InChI=1S/C18H17BrN2O6/c1-25-14-8-4-13(5-9-14)20-18(24)21-16(22)10-27-17(23)11-26-15-6-2-12(19)3-7-15/h2-9H,10-11H2,1H3,(H2,20,21,22,24). The van der Waals surface area contributed by atoms with Crippen LogP contribution in [0.4, 0.5) is 10.5 Å². The number of esters is 1. The number of urea groups is 1. The average Bonchev–Trinajstić information content (AvgIpc) is 2.66. The van der Waals surface area contributed by atoms with Crippen molar-refractivity contribution in [3.63, 3.8) is 0 Å². The van der Waals surface area contributed by atoms with E-state index in [-0.39, 0.29) is 6.61 Å². The van der Waals surface area contributed by atoms with Crippen LogP contribution in [-0.2, 0) is 14.3 Å². The summed E-state index contributed by atoms with van der Waals surface area (Å²) in [6, 6.07) is 12.7. The topological polar surface area (TPSA) is 103 Å². The minimum atomic E-state index is -0.766. The number of ether oxygens (including phenoxy) is 3. The first kappa shape index (κ1) is 20.2. The highest BCUT2D eigenvalue weighted by atomic mass is 79.9. The first-order chi connectivity index (χ1) is 13.0. The van der Waals surface area contributed by atoms with E-state index in [1.54, 1.807) is 48.5 Å². The highest BCUT2D eigenvalue weighted by Gasteiger charge is 2.12. The second kappa shape index (κ2) is 10.2. The van der Waals surface area contributed by atoms with Gasteiger partial charge >= 0.3 is 12.0 Å². The smallest absolute Gasteiger partial charge is 0.344 e. The Hall–Kier alpha value is -3.07. The Kier molecular flexibility index (Phi) is 7.63. The number of amides is 3. The molecule has 2 aromatic rings. The zero-order valence-corrected chi connectivity index (χ0v) is 15.9. The van der Waals surface area contributed by atoms with Crippen LogP contribution in [-0.4, -0.2) is 38.2 Å². The zero-order chi connectivity index (χ0) is 19.6. The van der Waals surface area contributed by atoms with Crippen molar-refractivity contribution in [1.82, 2.24) is 5.32 Å². The van der Waals surface area contributed by atoms with E-state index in [0.29, 0.717) is 17.2 Å². The fraction of sp³-hybridized carbons (Fsp3) is 0.167. The molecule has 2 aromatic carbocycles. The molecule has 0 aliphatic rings. The lowest BCUT2D eigenvalue weighted by atomic mass is 10.3. The van der Waals surface area contributed by atoms with Crippen LogP contribution in [0.5, 0.6) is 11.5 Å². The van der Waals surface area contributed by atoms with Gasteiger partial charge in [-0.3, -0.25) is 10.1 Å². The quantitative estimate of drug-likeness (QED) is 0.646. The molecular formula is C18H17BrN2O6. The van der Waals surface area contributed by atoms with Gasteiger partial charge in [0.2, 0.25) is 0 Å². The van der Waals surface area contributed by atoms with Crippen molar-refractivity contribution in [2.45, 2.75) is 0 Å². The van der Waals surface area contributed by atoms with Crippen molar-refractivity contribution in [2.24, 2.45) is 0 Å². The van der Waals surface area contributed by atoms with Crippen LogP contribution in [0, 0.1) is 0 Å². The molecule has 0 radical (unpaired) electrons. The van der Waals surface area contributed by atoms with Crippen molar-refractivity contribution in [1.29, 1.82) is 0 Å². The summed E-state index contributed by atoms with van der Waals surface area (Å²) in [5.74, 6) is -0.380. The van der Waals surface area contributed by atoms with Crippen LogP contribution in [0.15, 0.2) is 53.0 Å². The number of carbonyl (C=O) groups excluding carboxylic acids is 3. The van der Waals surface area contributed by atoms with Gasteiger partial charge in [-0.15, -0.1) is 0 Å². The third-order valence-electron chi connectivity index (χ3n) is 3.14. The molecule has 0 aliphatic carbocycles. The summed E-state index contributed by atoms with van der Waals surface area (Å²) >= 11 is 3.28. The molecular weight excluding hydrogens is 420 g/mol. The molecule has 0 saturated heterocycles. The summed E-state index contributed by atoms with van der Waals surface area (Å²) < 4.78 is 15.8. The van der Waals surface area contributed by atoms with Crippen molar-refractivity contribution in [3.05, 3.63) is 53.0 Å². The highest BCUT2D eigenvalue weighted by Crippen LogP contribution is 2.16. The number of halogens is 1. The lowest BCUT2D eigenvalue weighted by molar-refractivity contribution is -0.150. The molecule has 0 aliphatic heterocycles. The number of hydrogen-bond acceptors (Lipinski definition) is 6. The van der Waals surface area contributed by atoms with Gasteiger partial charge in [0.25, 0.3) is 5.91 Å². The lowest BCUT2D eigenvalue weighted by Gasteiger charge is -2.09. The third kappa shape index (κ3) is 7.37. The molecule has 0 spiro atoms. The fourth-order valence-electron chi connectivity index (χ4n) is 1.86. The SMILES string of the molecule is COc1ccc(NC(=O)NC(=O)COC(=O)COc2ccc(Br)cc2)cc1. The Balaban J connectivity index is 1.67. The second-order valence-corrected chi connectivity index (χ2v) is 6.05.